The molecule has 0 saturated carbocycles. The minimum atomic E-state index is -0.977. The highest BCUT2D eigenvalue weighted by Crippen LogP contribution is 2.26. The van der Waals surface area contributed by atoms with Gasteiger partial charge in [0, 0.05) is 32.6 Å². The molecule has 12 heteroatoms. The molecule has 242 valence electrons. The number of piperazine rings is 1. The summed E-state index contributed by atoms with van der Waals surface area (Å²) >= 11 is 0. The Bertz CT molecular complexity index is 1310. The normalized spacial score (nSPS) is 19.5. The number of carbonyl (C=O) groups excluding carboxylic acids is 5. The molecule has 0 unspecified atom stereocenters. The first-order valence-electron chi connectivity index (χ1n) is 15.4. The molecule has 45 heavy (non-hydrogen) atoms. The summed E-state index contributed by atoms with van der Waals surface area (Å²) in [7, 11) is 2.04. The minimum absolute atomic E-state index is 0.188. The number of hydrogen-bond acceptors (Lipinski definition) is 8. The predicted octanol–water partition coefficient (Wildman–Crippen LogP) is -0.331. The molecule has 2 aliphatic rings. The van der Waals surface area contributed by atoms with Crippen molar-refractivity contribution in [3.63, 3.8) is 0 Å². The van der Waals surface area contributed by atoms with E-state index >= 15 is 0 Å². The van der Waals surface area contributed by atoms with Crippen LogP contribution in [0.1, 0.15) is 24.5 Å². The van der Waals surface area contributed by atoms with Gasteiger partial charge in [-0.05, 0) is 37.9 Å². The van der Waals surface area contributed by atoms with Gasteiger partial charge in [-0.25, -0.2) is 0 Å². The van der Waals surface area contributed by atoms with Gasteiger partial charge in [-0.15, -0.1) is 0 Å². The van der Waals surface area contributed by atoms with Gasteiger partial charge < -0.3 is 30.9 Å². The van der Waals surface area contributed by atoms with E-state index in [9.17, 15) is 24.0 Å². The summed E-state index contributed by atoms with van der Waals surface area (Å²) in [6, 6.07) is 17.0. The predicted molar refractivity (Wildman–Crippen MR) is 168 cm³/mol. The monoisotopic (exact) mass is 620 g/mol. The lowest BCUT2D eigenvalue weighted by atomic mass is 10.0. The Labute approximate surface area is 264 Å². The molecule has 2 aliphatic heterocycles. The van der Waals surface area contributed by atoms with Gasteiger partial charge in [-0.2, -0.15) is 0 Å². The first kappa shape index (κ1) is 33.8. The second-order valence-electron chi connectivity index (χ2n) is 11.9. The Hall–Kier alpha value is -4.13. The SMILES string of the molecule is CN1CCN(CC(=O)N[C@@H](CCc2ccccc2)C(=O)NCC(=O)N[C@@H](Cc2ccccc2)C(=O)NCC(=O)[C@@]2(C)CO2)CC1. The highest BCUT2D eigenvalue weighted by atomic mass is 16.6. The largest absolute Gasteiger partial charge is 0.362 e. The number of ketones is 1. The quantitative estimate of drug-likeness (QED) is 0.186. The Kier molecular flexibility index (Phi) is 12.2. The zero-order chi connectivity index (χ0) is 32.2. The van der Waals surface area contributed by atoms with Crippen LogP contribution < -0.4 is 21.3 Å². The molecule has 2 aromatic carbocycles. The highest BCUT2D eigenvalue weighted by Gasteiger charge is 2.46. The van der Waals surface area contributed by atoms with Crippen molar-refractivity contribution >= 4 is 29.4 Å². The third kappa shape index (κ3) is 11.1. The fourth-order valence-electron chi connectivity index (χ4n) is 5.02. The number of benzene rings is 2. The molecule has 4 N–H and O–H groups in total. The number of epoxide rings is 1. The van der Waals surface area contributed by atoms with Crippen LogP contribution in [0.15, 0.2) is 60.7 Å². The Balaban J connectivity index is 1.33. The lowest BCUT2D eigenvalue weighted by Gasteiger charge is -2.32. The van der Waals surface area contributed by atoms with E-state index in [1.165, 1.54) is 0 Å². The van der Waals surface area contributed by atoms with Gasteiger partial charge in [-0.1, -0.05) is 60.7 Å². The van der Waals surface area contributed by atoms with Gasteiger partial charge in [0.15, 0.2) is 5.78 Å². The molecular weight excluding hydrogens is 576 g/mol. The van der Waals surface area contributed by atoms with E-state index in [0.717, 1.165) is 37.3 Å². The average Bonchev–Trinajstić information content (AvgIpc) is 3.80. The molecule has 3 atom stereocenters. The number of hydrogen-bond donors (Lipinski definition) is 4. The van der Waals surface area contributed by atoms with E-state index in [0.29, 0.717) is 19.4 Å². The fourth-order valence-corrected chi connectivity index (χ4v) is 5.02. The average molecular weight is 621 g/mol. The van der Waals surface area contributed by atoms with Gasteiger partial charge >= 0.3 is 0 Å². The highest BCUT2D eigenvalue weighted by molar-refractivity contribution is 5.96. The molecule has 12 nitrogen and oxygen atoms in total. The molecule has 4 rings (SSSR count). The lowest BCUT2D eigenvalue weighted by Crippen LogP contribution is -2.54. The van der Waals surface area contributed by atoms with Crippen molar-refractivity contribution in [1.82, 2.24) is 31.1 Å². The Morgan fingerprint density at radius 3 is 1.96 bits per heavy atom. The zero-order valence-corrected chi connectivity index (χ0v) is 26.1. The number of carbonyl (C=O) groups is 5. The molecular formula is C33H44N6O6. The summed E-state index contributed by atoms with van der Waals surface area (Å²) in [4.78, 5) is 68.8. The van der Waals surface area contributed by atoms with Crippen LogP contribution in [0, 0.1) is 0 Å². The van der Waals surface area contributed by atoms with Crippen molar-refractivity contribution in [3.05, 3.63) is 71.8 Å². The number of ether oxygens (including phenoxy) is 1. The topological polar surface area (TPSA) is 152 Å². The number of likely N-dealkylation sites (N-methyl/N-ethyl adjacent to an activating group) is 1. The summed E-state index contributed by atoms with van der Waals surface area (Å²) in [5, 5.41) is 10.8. The summed E-state index contributed by atoms with van der Waals surface area (Å²) in [5.41, 5.74) is 0.971. The molecule has 2 fully saturated rings. The van der Waals surface area contributed by atoms with Crippen molar-refractivity contribution < 1.29 is 28.7 Å². The van der Waals surface area contributed by atoms with Gasteiger partial charge in [0.1, 0.15) is 17.7 Å². The lowest BCUT2D eigenvalue weighted by molar-refractivity contribution is -0.132. The first-order valence-corrected chi connectivity index (χ1v) is 15.4. The van der Waals surface area contributed by atoms with E-state index in [2.05, 4.69) is 31.1 Å². The molecule has 0 aromatic heterocycles. The molecule has 2 saturated heterocycles. The number of rotatable bonds is 16. The minimum Gasteiger partial charge on any atom is -0.362 e. The maximum Gasteiger partial charge on any atom is 0.243 e. The number of Topliss-reactive ketones (excluding diaryl/α,β-unsaturated/α-hetero) is 1. The van der Waals surface area contributed by atoms with Crippen LogP contribution in [0.4, 0.5) is 0 Å². The summed E-state index contributed by atoms with van der Waals surface area (Å²) in [6.45, 7) is 4.83. The molecule has 2 aromatic rings. The van der Waals surface area contributed by atoms with Crippen LogP contribution in [0.25, 0.3) is 0 Å². The van der Waals surface area contributed by atoms with Crippen LogP contribution in [0.3, 0.4) is 0 Å². The number of nitrogens with zero attached hydrogens (tertiary/aromatic N) is 2. The fraction of sp³-hybridized carbons (Fsp3) is 0.485. The molecule has 0 spiro atoms. The molecule has 0 aliphatic carbocycles. The van der Waals surface area contributed by atoms with Gasteiger partial charge in [0.2, 0.25) is 23.6 Å². The first-order chi connectivity index (χ1) is 21.6. The molecule has 4 amide bonds. The Morgan fingerprint density at radius 1 is 0.778 bits per heavy atom. The summed E-state index contributed by atoms with van der Waals surface area (Å²) in [5.74, 6) is -2.08. The third-order valence-corrected chi connectivity index (χ3v) is 8.13. The van der Waals surface area contributed by atoms with Gasteiger partial charge in [0.25, 0.3) is 0 Å². The molecule has 2 heterocycles. The van der Waals surface area contributed by atoms with Crippen LogP contribution >= 0.6 is 0 Å². The number of amides is 4. The number of nitrogens with one attached hydrogen (secondary N) is 4. The third-order valence-electron chi connectivity index (χ3n) is 8.13. The second kappa shape index (κ2) is 16.3. The molecule has 0 radical (unpaired) electrons. The van der Waals surface area contributed by atoms with Crippen LogP contribution in [-0.4, -0.2) is 116 Å². The zero-order valence-electron chi connectivity index (χ0n) is 26.1. The summed E-state index contributed by atoms with van der Waals surface area (Å²) < 4.78 is 5.15. The van der Waals surface area contributed by atoms with Crippen molar-refractivity contribution in [3.8, 4) is 0 Å². The smallest absolute Gasteiger partial charge is 0.243 e. The van der Waals surface area contributed by atoms with E-state index in [1.54, 1.807) is 6.92 Å². The second-order valence-corrected chi connectivity index (χ2v) is 11.9. The van der Waals surface area contributed by atoms with Gasteiger partial charge in [-0.3, -0.25) is 28.9 Å². The van der Waals surface area contributed by atoms with Crippen molar-refractivity contribution in [2.75, 3.05) is 59.5 Å². The maximum absolute atomic E-state index is 13.3. The van der Waals surface area contributed by atoms with E-state index in [-0.39, 0.29) is 31.2 Å². The Morgan fingerprint density at radius 2 is 1.33 bits per heavy atom. The van der Waals surface area contributed by atoms with Gasteiger partial charge in [0.05, 0.1) is 26.2 Å². The van der Waals surface area contributed by atoms with E-state index in [4.69, 9.17) is 4.74 Å². The van der Waals surface area contributed by atoms with Crippen molar-refractivity contribution in [1.29, 1.82) is 0 Å². The van der Waals surface area contributed by atoms with Crippen LogP contribution in [0.2, 0.25) is 0 Å². The summed E-state index contributed by atoms with van der Waals surface area (Å²) in [6.07, 6.45) is 1.10. The van der Waals surface area contributed by atoms with E-state index < -0.39 is 42.0 Å². The van der Waals surface area contributed by atoms with Crippen molar-refractivity contribution in [2.45, 2.75) is 43.9 Å². The molecule has 0 bridgehead atoms. The number of aryl methyl sites for hydroxylation is 1. The van der Waals surface area contributed by atoms with Crippen LogP contribution in [-0.2, 0) is 41.6 Å². The van der Waals surface area contributed by atoms with E-state index in [1.807, 2.05) is 67.7 Å². The maximum atomic E-state index is 13.3. The van der Waals surface area contributed by atoms with Crippen LogP contribution in [0.5, 0.6) is 0 Å². The van der Waals surface area contributed by atoms with Crippen molar-refractivity contribution in [2.24, 2.45) is 0 Å². The standard InChI is InChI=1S/C33H44N6O6/c1-33(23-45-33)28(40)20-34-32(44)27(19-25-11-7-4-8-12-25)37-29(41)21-35-31(43)26(14-13-24-9-5-3-6-10-24)36-30(42)22-39-17-15-38(2)16-18-39/h3-12,26-27H,13-23H2,1-2H3,(H,34,44)(H,35,43)(H,36,42)(H,37,41)/t26-,27-,33+/m0/s1.